The van der Waals surface area contributed by atoms with Gasteiger partial charge < -0.3 is 10.4 Å². The lowest BCUT2D eigenvalue weighted by Crippen LogP contribution is -2.45. The summed E-state index contributed by atoms with van der Waals surface area (Å²) in [6.07, 6.45) is 4.06. The van der Waals surface area contributed by atoms with Gasteiger partial charge in [-0.15, -0.1) is 0 Å². The number of carbonyl (C=O) groups excluding carboxylic acids is 1. The first-order valence-corrected chi connectivity index (χ1v) is 8.07. The van der Waals surface area contributed by atoms with Crippen LogP contribution in [0.5, 0.6) is 0 Å². The van der Waals surface area contributed by atoms with Crippen LogP contribution in [0.3, 0.4) is 0 Å². The summed E-state index contributed by atoms with van der Waals surface area (Å²) in [5, 5.41) is 12.0. The zero-order chi connectivity index (χ0) is 15.9. The summed E-state index contributed by atoms with van der Waals surface area (Å²) in [4.78, 5) is 23.8. The Morgan fingerprint density at radius 2 is 2.05 bits per heavy atom. The predicted molar refractivity (Wildman–Crippen MR) is 83.6 cm³/mol. The van der Waals surface area contributed by atoms with Gasteiger partial charge in [-0.2, -0.15) is 0 Å². The molecule has 3 rings (SSSR count). The molecule has 118 valence electrons. The molecule has 0 heterocycles. The van der Waals surface area contributed by atoms with Crippen molar-refractivity contribution >= 4 is 11.9 Å². The number of rotatable bonds is 4. The van der Waals surface area contributed by atoms with Gasteiger partial charge in [0, 0.05) is 11.3 Å². The van der Waals surface area contributed by atoms with E-state index in [1.807, 2.05) is 19.9 Å². The Bertz CT molecular complexity index is 610. The minimum Gasteiger partial charge on any atom is -0.480 e. The lowest BCUT2D eigenvalue weighted by Gasteiger charge is -2.27. The van der Waals surface area contributed by atoms with Gasteiger partial charge in [-0.3, -0.25) is 4.79 Å². The number of hydrogen-bond acceptors (Lipinski definition) is 2. The maximum Gasteiger partial charge on any atom is 0.326 e. The fraction of sp³-hybridized carbons (Fsp3) is 0.556. The number of benzene rings is 1. The van der Waals surface area contributed by atoms with Gasteiger partial charge in [0.2, 0.25) is 5.91 Å². The Kier molecular flexibility index (Phi) is 3.71. The summed E-state index contributed by atoms with van der Waals surface area (Å²) in [5.41, 5.74) is 2.61. The second-order valence-electron chi connectivity index (χ2n) is 6.99. The molecule has 1 aromatic rings. The van der Waals surface area contributed by atoms with Crippen LogP contribution in [0, 0.1) is 11.8 Å². The number of hydrogen-bond donors (Lipinski definition) is 2. The fourth-order valence-electron chi connectivity index (χ4n) is 3.94. The van der Waals surface area contributed by atoms with Crippen molar-refractivity contribution in [2.45, 2.75) is 51.0 Å². The SMILES string of the molecule is CC(C)C(NC(=O)C1CC12CCCc1ccccc12)C(=O)O. The van der Waals surface area contributed by atoms with Crippen molar-refractivity contribution in [1.82, 2.24) is 5.32 Å². The van der Waals surface area contributed by atoms with Crippen molar-refractivity contribution in [2.24, 2.45) is 11.8 Å². The van der Waals surface area contributed by atoms with Crippen molar-refractivity contribution in [3.8, 4) is 0 Å². The van der Waals surface area contributed by atoms with Crippen LogP contribution in [-0.2, 0) is 21.4 Å². The first kappa shape index (κ1) is 15.1. The molecular formula is C18H23NO3. The summed E-state index contributed by atoms with van der Waals surface area (Å²) in [7, 11) is 0. The molecule has 1 aromatic carbocycles. The van der Waals surface area contributed by atoms with E-state index in [1.54, 1.807) is 0 Å². The summed E-state index contributed by atoms with van der Waals surface area (Å²) in [6, 6.07) is 7.57. The highest BCUT2D eigenvalue weighted by atomic mass is 16.4. The van der Waals surface area contributed by atoms with Crippen molar-refractivity contribution < 1.29 is 14.7 Å². The maximum absolute atomic E-state index is 12.5. The summed E-state index contributed by atoms with van der Waals surface area (Å²) in [6.45, 7) is 3.63. The van der Waals surface area contributed by atoms with Gasteiger partial charge in [0.15, 0.2) is 0 Å². The molecular weight excluding hydrogens is 278 g/mol. The molecule has 0 aromatic heterocycles. The average molecular weight is 301 g/mol. The molecule has 0 aliphatic heterocycles. The predicted octanol–water partition coefficient (Wildman–Crippen LogP) is 2.51. The fourth-order valence-corrected chi connectivity index (χ4v) is 3.94. The van der Waals surface area contributed by atoms with Crippen LogP contribution in [-0.4, -0.2) is 23.0 Å². The zero-order valence-corrected chi connectivity index (χ0v) is 13.1. The van der Waals surface area contributed by atoms with Crippen molar-refractivity contribution in [3.05, 3.63) is 35.4 Å². The Labute approximate surface area is 130 Å². The number of aryl methyl sites for hydroxylation is 1. The average Bonchev–Trinajstić information content (AvgIpc) is 3.19. The van der Waals surface area contributed by atoms with Crippen LogP contribution in [0.15, 0.2) is 24.3 Å². The molecule has 3 unspecified atom stereocenters. The van der Waals surface area contributed by atoms with E-state index in [2.05, 4.69) is 23.5 Å². The van der Waals surface area contributed by atoms with E-state index in [0.29, 0.717) is 0 Å². The van der Waals surface area contributed by atoms with E-state index in [1.165, 1.54) is 11.1 Å². The summed E-state index contributed by atoms with van der Waals surface area (Å²) >= 11 is 0. The highest BCUT2D eigenvalue weighted by Gasteiger charge is 2.60. The minimum absolute atomic E-state index is 0.0427. The summed E-state index contributed by atoms with van der Waals surface area (Å²) in [5.74, 6) is -1.25. The van der Waals surface area contributed by atoms with Gasteiger partial charge in [0.25, 0.3) is 0 Å². The number of carbonyl (C=O) groups is 2. The number of nitrogens with one attached hydrogen (secondary N) is 1. The van der Waals surface area contributed by atoms with Crippen LogP contribution in [0.4, 0.5) is 0 Å². The van der Waals surface area contributed by atoms with E-state index in [0.717, 1.165) is 25.7 Å². The molecule has 4 nitrogen and oxygen atoms in total. The van der Waals surface area contributed by atoms with Crippen LogP contribution in [0.25, 0.3) is 0 Å². The zero-order valence-electron chi connectivity index (χ0n) is 13.1. The molecule has 1 fully saturated rings. The van der Waals surface area contributed by atoms with Crippen molar-refractivity contribution in [3.63, 3.8) is 0 Å². The van der Waals surface area contributed by atoms with E-state index >= 15 is 0 Å². The topological polar surface area (TPSA) is 66.4 Å². The van der Waals surface area contributed by atoms with Crippen LogP contribution < -0.4 is 5.32 Å². The summed E-state index contributed by atoms with van der Waals surface area (Å²) < 4.78 is 0. The third-order valence-corrected chi connectivity index (χ3v) is 5.25. The van der Waals surface area contributed by atoms with Gasteiger partial charge in [0.1, 0.15) is 6.04 Å². The van der Waals surface area contributed by atoms with Crippen molar-refractivity contribution in [1.29, 1.82) is 0 Å². The highest BCUT2D eigenvalue weighted by Crippen LogP contribution is 2.60. The number of fused-ring (bicyclic) bond motifs is 2. The standard InChI is InChI=1S/C18H23NO3/c1-11(2)15(17(21)22)19-16(20)14-10-18(14)9-5-7-12-6-3-4-8-13(12)18/h3-4,6,8,11,14-15H,5,7,9-10H2,1-2H3,(H,19,20)(H,21,22). The Morgan fingerprint density at radius 3 is 2.73 bits per heavy atom. The van der Waals surface area contributed by atoms with E-state index < -0.39 is 12.0 Å². The molecule has 2 aliphatic rings. The van der Waals surface area contributed by atoms with Crippen LogP contribution in [0.2, 0.25) is 0 Å². The molecule has 0 bridgehead atoms. The van der Waals surface area contributed by atoms with Gasteiger partial charge >= 0.3 is 5.97 Å². The number of aliphatic carboxylic acids is 1. The van der Waals surface area contributed by atoms with Crippen LogP contribution >= 0.6 is 0 Å². The van der Waals surface area contributed by atoms with Crippen LogP contribution in [0.1, 0.15) is 44.2 Å². The molecule has 3 atom stereocenters. The quantitative estimate of drug-likeness (QED) is 0.898. The molecule has 1 amide bonds. The molecule has 0 saturated heterocycles. The molecule has 0 radical (unpaired) electrons. The second-order valence-corrected chi connectivity index (χ2v) is 6.99. The van der Waals surface area contributed by atoms with Gasteiger partial charge in [-0.25, -0.2) is 4.79 Å². The second kappa shape index (κ2) is 5.41. The largest absolute Gasteiger partial charge is 0.480 e. The lowest BCUT2D eigenvalue weighted by molar-refractivity contribution is -0.143. The maximum atomic E-state index is 12.5. The number of amides is 1. The first-order chi connectivity index (χ1) is 10.5. The molecule has 1 spiro atoms. The number of carboxylic acid groups (broad SMARTS) is 1. The molecule has 2 N–H and O–H groups in total. The first-order valence-electron chi connectivity index (χ1n) is 8.07. The van der Waals surface area contributed by atoms with E-state index in [-0.39, 0.29) is 23.2 Å². The molecule has 1 saturated carbocycles. The Hall–Kier alpha value is -1.84. The third kappa shape index (κ3) is 2.40. The van der Waals surface area contributed by atoms with Gasteiger partial charge in [-0.1, -0.05) is 38.1 Å². The Balaban J connectivity index is 1.77. The smallest absolute Gasteiger partial charge is 0.326 e. The highest BCUT2D eigenvalue weighted by molar-refractivity contribution is 5.88. The monoisotopic (exact) mass is 301 g/mol. The normalized spacial score (nSPS) is 27.3. The van der Waals surface area contributed by atoms with E-state index in [9.17, 15) is 14.7 Å². The molecule has 2 aliphatic carbocycles. The Morgan fingerprint density at radius 1 is 1.32 bits per heavy atom. The minimum atomic E-state index is -0.956. The van der Waals surface area contributed by atoms with Gasteiger partial charge in [-0.05, 0) is 42.7 Å². The number of carboxylic acids is 1. The molecule has 4 heteroatoms. The lowest BCUT2D eigenvalue weighted by atomic mass is 9.78. The van der Waals surface area contributed by atoms with E-state index in [4.69, 9.17) is 0 Å². The van der Waals surface area contributed by atoms with Gasteiger partial charge in [0.05, 0.1) is 0 Å². The molecule has 22 heavy (non-hydrogen) atoms. The van der Waals surface area contributed by atoms with Crippen molar-refractivity contribution in [2.75, 3.05) is 0 Å². The third-order valence-electron chi connectivity index (χ3n) is 5.25.